The number of carbonyl (C=O) groups is 2. The van der Waals surface area contributed by atoms with Crippen molar-refractivity contribution in [2.75, 3.05) is 23.5 Å². The second kappa shape index (κ2) is 9.97. The number of carbonyl (C=O) groups excluding carboxylic acids is 2. The number of benzene rings is 2. The molecular formula is C26H28N8O3. The number of aryl methyl sites for hydroxylation is 1. The predicted molar refractivity (Wildman–Crippen MR) is 144 cm³/mol. The van der Waals surface area contributed by atoms with Gasteiger partial charge in [-0.25, -0.2) is 9.97 Å². The van der Waals surface area contributed by atoms with Crippen molar-refractivity contribution in [3.8, 4) is 17.1 Å². The lowest BCUT2D eigenvalue weighted by atomic mass is 9.99. The Morgan fingerprint density at radius 1 is 1.19 bits per heavy atom. The number of nitrogens with one attached hydrogen (secondary N) is 2. The van der Waals surface area contributed by atoms with Gasteiger partial charge in [-0.05, 0) is 19.1 Å². The number of ether oxygens (including phenoxy) is 1. The highest BCUT2D eigenvalue weighted by Gasteiger charge is 2.21. The van der Waals surface area contributed by atoms with Crippen molar-refractivity contribution in [1.82, 2.24) is 19.7 Å². The Kier molecular flexibility index (Phi) is 6.79. The van der Waals surface area contributed by atoms with Gasteiger partial charge < -0.3 is 26.8 Å². The van der Waals surface area contributed by atoms with E-state index in [1.54, 1.807) is 24.6 Å². The summed E-state index contributed by atoms with van der Waals surface area (Å²) in [5, 5.41) is 11.5. The highest BCUT2D eigenvalue weighted by molar-refractivity contribution is 6.19. The Hall–Kier alpha value is -4.93. The second-order valence-electron chi connectivity index (χ2n) is 8.36. The van der Waals surface area contributed by atoms with E-state index < -0.39 is 5.91 Å². The molecule has 0 aliphatic rings. The Morgan fingerprint density at radius 3 is 2.59 bits per heavy atom. The van der Waals surface area contributed by atoms with Crippen molar-refractivity contribution < 1.29 is 14.3 Å². The molecule has 2 heterocycles. The molecule has 2 aromatic heterocycles. The Balaban J connectivity index is 1.87. The smallest absolute Gasteiger partial charge is 0.248 e. The lowest BCUT2D eigenvalue weighted by Crippen LogP contribution is -2.14. The summed E-state index contributed by atoms with van der Waals surface area (Å²) in [4.78, 5) is 33.1. The zero-order chi connectivity index (χ0) is 26.9. The highest BCUT2D eigenvalue weighted by atomic mass is 16.5. The average Bonchev–Trinajstić information content (AvgIpc) is 3.22. The number of fused-ring (bicyclic) bond motifs is 1. The zero-order valence-electron chi connectivity index (χ0n) is 21.0. The Labute approximate surface area is 213 Å². The van der Waals surface area contributed by atoms with Crippen molar-refractivity contribution in [2.24, 2.45) is 12.8 Å². The standard InChI is InChI=1S/C26H28N8O3/c1-6-20(35)30-18-12-29-26(32-23(18)22-15-9-7-8-10-19(15)34(4)33-22)31-17-11-16(13(2)25(28)36)21(27)14(3)24(17)37-5/h7-12H,2,6,27H2,1,3-5H3,(H2,28,36)(H,30,35)(H,29,31,32). The molecule has 0 atom stereocenters. The van der Waals surface area contributed by atoms with Gasteiger partial charge in [0.25, 0.3) is 0 Å². The van der Waals surface area contributed by atoms with Crippen LogP contribution in [-0.4, -0.2) is 38.7 Å². The van der Waals surface area contributed by atoms with Crippen LogP contribution in [-0.2, 0) is 16.6 Å². The molecule has 0 bridgehead atoms. The van der Waals surface area contributed by atoms with Crippen LogP contribution < -0.4 is 26.8 Å². The van der Waals surface area contributed by atoms with Gasteiger partial charge in [0, 0.05) is 41.2 Å². The third-order valence-electron chi connectivity index (χ3n) is 6.01. The van der Waals surface area contributed by atoms with E-state index >= 15 is 0 Å². The summed E-state index contributed by atoms with van der Waals surface area (Å²) in [6, 6.07) is 9.33. The van der Waals surface area contributed by atoms with E-state index in [4.69, 9.17) is 21.2 Å². The lowest BCUT2D eigenvalue weighted by Gasteiger charge is -2.18. The topological polar surface area (TPSA) is 163 Å². The first kappa shape index (κ1) is 25.2. The molecule has 11 heteroatoms. The second-order valence-corrected chi connectivity index (χ2v) is 8.36. The van der Waals surface area contributed by atoms with E-state index in [-0.39, 0.29) is 23.8 Å². The number of amides is 2. The molecule has 2 amide bonds. The number of nitrogens with two attached hydrogens (primary N) is 2. The first-order chi connectivity index (χ1) is 17.7. The highest BCUT2D eigenvalue weighted by Crippen LogP contribution is 2.39. The number of anilines is 4. The van der Waals surface area contributed by atoms with E-state index in [1.165, 1.54) is 13.3 Å². The molecule has 0 saturated carbocycles. The zero-order valence-corrected chi connectivity index (χ0v) is 21.0. The van der Waals surface area contributed by atoms with Crippen LogP contribution in [0.5, 0.6) is 5.75 Å². The monoisotopic (exact) mass is 500 g/mol. The fraction of sp³-hybridized carbons (Fsp3) is 0.192. The van der Waals surface area contributed by atoms with Crippen molar-refractivity contribution in [3.05, 3.63) is 54.2 Å². The molecule has 0 fully saturated rings. The molecule has 0 saturated heterocycles. The number of aromatic nitrogens is 4. The maximum Gasteiger partial charge on any atom is 0.248 e. The number of nitrogens with zero attached hydrogens (tertiary/aromatic N) is 4. The molecule has 4 rings (SSSR count). The average molecular weight is 501 g/mol. The number of hydrogen-bond acceptors (Lipinski definition) is 8. The third-order valence-corrected chi connectivity index (χ3v) is 6.01. The fourth-order valence-corrected chi connectivity index (χ4v) is 4.01. The molecule has 4 aromatic rings. The SMILES string of the molecule is C=C(C(N)=O)c1cc(Nc2ncc(NC(=O)CC)c(-c3nn(C)c4ccccc34)n2)c(OC)c(C)c1N. The van der Waals surface area contributed by atoms with Gasteiger partial charge in [0.05, 0.1) is 30.2 Å². The van der Waals surface area contributed by atoms with Gasteiger partial charge in [-0.2, -0.15) is 5.10 Å². The summed E-state index contributed by atoms with van der Waals surface area (Å²) in [7, 11) is 3.34. The maximum absolute atomic E-state index is 12.2. The Morgan fingerprint density at radius 2 is 1.92 bits per heavy atom. The van der Waals surface area contributed by atoms with Gasteiger partial charge in [0.15, 0.2) is 0 Å². The lowest BCUT2D eigenvalue weighted by molar-refractivity contribution is -0.116. The normalized spacial score (nSPS) is 10.8. The molecule has 2 aromatic carbocycles. The fourth-order valence-electron chi connectivity index (χ4n) is 4.01. The van der Waals surface area contributed by atoms with Crippen molar-refractivity contribution in [3.63, 3.8) is 0 Å². The van der Waals surface area contributed by atoms with Crippen LogP contribution in [0, 0.1) is 6.92 Å². The van der Waals surface area contributed by atoms with Crippen LogP contribution in [0.4, 0.5) is 23.0 Å². The summed E-state index contributed by atoms with van der Waals surface area (Å²) in [6.45, 7) is 7.27. The summed E-state index contributed by atoms with van der Waals surface area (Å²) >= 11 is 0. The van der Waals surface area contributed by atoms with Crippen molar-refractivity contribution in [2.45, 2.75) is 20.3 Å². The number of nitrogen functional groups attached to an aromatic ring is 1. The molecule has 0 spiro atoms. The largest absolute Gasteiger partial charge is 0.494 e. The third kappa shape index (κ3) is 4.66. The quantitative estimate of drug-likeness (QED) is 0.211. The number of para-hydroxylation sites is 1. The number of primary amides is 1. The van der Waals surface area contributed by atoms with Crippen molar-refractivity contribution in [1.29, 1.82) is 0 Å². The van der Waals surface area contributed by atoms with Crippen LogP contribution in [0.25, 0.3) is 27.9 Å². The molecule has 37 heavy (non-hydrogen) atoms. The van der Waals surface area contributed by atoms with E-state index in [9.17, 15) is 9.59 Å². The molecule has 11 nitrogen and oxygen atoms in total. The number of methoxy groups -OCH3 is 1. The summed E-state index contributed by atoms with van der Waals surface area (Å²) in [5.74, 6) is -0.234. The van der Waals surface area contributed by atoms with E-state index in [1.807, 2.05) is 31.3 Å². The van der Waals surface area contributed by atoms with Gasteiger partial charge in [-0.3, -0.25) is 14.3 Å². The summed E-state index contributed by atoms with van der Waals surface area (Å²) in [6.07, 6.45) is 1.80. The van der Waals surface area contributed by atoms with E-state index in [2.05, 4.69) is 27.3 Å². The van der Waals surface area contributed by atoms with Crippen LogP contribution in [0.15, 0.2) is 43.1 Å². The molecule has 6 N–H and O–H groups in total. The molecule has 0 aliphatic heterocycles. The molecule has 190 valence electrons. The molecule has 0 aliphatic carbocycles. The van der Waals surface area contributed by atoms with Crippen LogP contribution in [0.2, 0.25) is 0 Å². The Bertz CT molecular complexity index is 1560. The molecular weight excluding hydrogens is 472 g/mol. The van der Waals surface area contributed by atoms with Gasteiger partial charge in [0.2, 0.25) is 17.8 Å². The minimum absolute atomic E-state index is 0.0606. The van der Waals surface area contributed by atoms with Gasteiger partial charge in [0.1, 0.15) is 17.1 Å². The summed E-state index contributed by atoms with van der Waals surface area (Å²) < 4.78 is 7.32. The first-order valence-corrected chi connectivity index (χ1v) is 11.5. The van der Waals surface area contributed by atoms with Crippen LogP contribution >= 0.6 is 0 Å². The number of hydrogen-bond donors (Lipinski definition) is 4. The number of rotatable bonds is 8. The minimum Gasteiger partial charge on any atom is -0.494 e. The first-order valence-electron chi connectivity index (χ1n) is 11.5. The van der Waals surface area contributed by atoms with Gasteiger partial charge in [-0.1, -0.05) is 31.7 Å². The van der Waals surface area contributed by atoms with Gasteiger partial charge >= 0.3 is 0 Å². The molecule has 0 unspecified atom stereocenters. The van der Waals surface area contributed by atoms with E-state index in [0.717, 1.165) is 10.9 Å². The maximum atomic E-state index is 12.2. The van der Waals surface area contributed by atoms with Crippen LogP contribution in [0.3, 0.4) is 0 Å². The predicted octanol–water partition coefficient (Wildman–Crippen LogP) is 3.52. The van der Waals surface area contributed by atoms with E-state index in [0.29, 0.717) is 45.3 Å². The minimum atomic E-state index is -0.696. The molecule has 0 radical (unpaired) electrons. The summed E-state index contributed by atoms with van der Waals surface area (Å²) in [5.41, 5.74) is 15.8. The van der Waals surface area contributed by atoms with Gasteiger partial charge in [-0.15, -0.1) is 0 Å². The van der Waals surface area contributed by atoms with Crippen LogP contribution in [0.1, 0.15) is 24.5 Å². The van der Waals surface area contributed by atoms with Crippen molar-refractivity contribution >= 4 is 51.3 Å².